The number of benzene rings is 1. The van der Waals surface area contributed by atoms with E-state index in [1.807, 2.05) is 0 Å². The Bertz CT molecular complexity index is 758. The zero-order chi connectivity index (χ0) is 20.9. The molecule has 28 heavy (non-hydrogen) atoms. The molecule has 0 aliphatic heterocycles. The van der Waals surface area contributed by atoms with E-state index in [2.05, 4.69) is 20.9 Å². The molecule has 11 heteroatoms. The third-order valence-corrected chi connectivity index (χ3v) is 3.64. The minimum atomic E-state index is -0.646. The lowest BCUT2D eigenvalue weighted by molar-refractivity contribution is -0.137. The molecule has 1 rings (SSSR count). The highest BCUT2D eigenvalue weighted by Gasteiger charge is 2.06. The first-order valence-electron chi connectivity index (χ1n) is 8.14. The topological polar surface area (TPSA) is 106 Å². The van der Waals surface area contributed by atoms with E-state index >= 15 is 0 Å². The molecule has 0 unspecified atom stereocenters. The Hall–Kier alpha value is -2.36. The third-order valence-electron chi connectivity index (χ3n) is 2.91. The van der Waals surface area contributed by atoms with Gasteiger partial charge < -0.3 is 9.47 Å². The summed E-state index contributed by atoms with van der Waals surface area (Å²) in [6, 6.07) is 4.85. The van der Waals surface area contributed by atoms with Crippen LogP contribution in [0.3, 0.4) is 0 Å². The average molecular weight is 448 g/mol. The van der Waals surface area contributed by atoms with Crippen molar-refractivity contribution in [1.82, 2.24) is 16.2 Å². The van der Waals surface area contributed by atoms with Crippen molar-refractivity contribution in [2.45, 2.75) is 19.8 Å². The number of carbonyl (C=O) groups is 3. The van der Waals surface area contributed by atoms with Crippen LogP contribution in [0.1, 0.15) is 19.8 Å². The summed E-state index contributed by atoms with van der Waals surface area (Å²) in [5.74, 6) is -1.17. The summed E-state index contributed by atoms with van der Waals surface area (Å²) in [6.45, 7) is 2.12. The molecule has 0 aromatic heterocycles. The van der Waals surface area contributed by atoms with Gasteiger partial charge in [-0.1, -0.05) is 23.2 Å². The highest BCUT2D eigenvalue weighted by molar-refractivity contribution is 7.80. The summed E-state index contributed by atoms with van der Waals surface area (Å²) >= 11 is 16.6. The van der Waals surface area contributed by atoms with Crippen LogP contribution in [0, 0.1) is 0 Å². The Morgan fingerprint density at radius 1 is 1.18 bits per heavy atom. The molecule has 0 spiro atoms. The van der Waals surface area contributed by atoms with Crippen molar-refractivity contribution < 1.29 is 23.9 Å². The fourth-order valence-corrected chi connectivity index (χ4v) is 2.33. The van der Waals surface area contributed by atoms with Gasteiger partial charge in [0.05, 0.1) is 18.2 Å². The summed E-state index contributed by atoms with van der Waals surface area (Å²) in [7, 11) is 0. The molecule has 1 aromatic carbocycles. The van der Waals surface area contributed by atoms with Gasteiger partial charge >= 0.3 is 5.97 Å². The first-order valence-corrected chi connectivity index (χ1v) is 9.30. The Kier molecular flexibility index (Phi) is 10.9. The monoisotopic (exact) mass is 447 g/mol. The summed E-state index contributed by atoms with van der Waals surface area (Å²) < 4.78 is 10.1. The van der Waals surface area contributed by atoms with E-state index in [1.165, 1.54) is 0 Å². The fourth-order valence-electron chi connectivity index (χ4n) is 1.72. The number of rotatable bonds is 8. The van der Waals surface area contributed by atoms with E-state index < -0.39 is 11.9 Å². The van der Waals surface area contributed by atoms with Crippen molar-refractivity contribution in [3.05, 3.63) is 40.4 Å². The van der Waals surface area contributed by atoms with E-state index in [4.69, 9.17) is 40.2 Å². The summed E-state index contributed by atoms with van der Waals surface area (Å²) in [5.41, 5.74) is 4.70. The van der Waals surface area contributed by atoms with E-state index in [0.717, 1.165) is 12.2 Å². The zero-order valence-corrected chi connectivity index (χ0v) is 17.2. The number of hydrogen-bond acceptors (Lipinski definition) is 6. The van der Waals surface area contributed by atoms with Crippen LogP contribution < -0.4 is 20.9 Å². The predicted molar refractivity (Wildman–Crippen MR) is 109 cm³/mol. The lowest BCUT2D eigenvalue weighted by atomic mass is 10.3. The second-order valence-corrected chi connectivity index (χ2v) is 6.36. The highest BCUT2D eigenvalue weighted by Crippen LogP contribution is 2.27. The Labute approximate surface area is 177 Å². The largest absolute Gasteiger partial charge is 0.492 e. The molecule has 0 bridgehead atoms. The van der Waals surface area contributed by atoms with Crippen LogP contribution in [-0.4, -0.2) is 36.1 Å². The van der Waals surface area contributed by atoms with Crippen LogP contribution in [0.15, 0.2) is 30.4 Å². The molecule has 8 nitrogen and oxygen atoms in total. The fraction of sp³-hybridized carbons (Fsp3) is 0.294. The van der Waals surface area contributed by atoms with Crippen LogP contribution in [0.2, 0.25) is 10.0 Å². The number of nitrogens with one attached hydrogen (secondary N) is 3. The Morgan fingerprint density at radius 3 is 2.61 bits per heavy atom. The van der Waals surface area contributed by atoms with Crippen molar-refractivity contribution in [1.29, 1.82) is 0 Å². The molecule has 0 atom stereocenters. The molecule has 0 fully saturated rings. The van der Waals surface area contributed by atoms with Crippen molar-refractivity contribution in [3.63, 3.8) is 0 Å². The molecule has 1 aromatic rings. The maximum atomic E-state index is 11.7. The number of amides is 2. The number of ether oxygens (including phenoxy) is 2. The van der Waals surface area contributed by atoms with Gasteiger partial charge in [0.2, 0.25) is 11.8 Å². The van der Waals surface area contributed by atoms with Gasteiger partial charge in [-0.2, -0.15) is 0 Å². The Balaban J connectivity index is 2.20. The van der Waals surface area contributed by atoms with Crippen LogP contribution >= 0.6 is 35.4 Å². The predicted octanol–water partition coefficient (Wildman–Crippen LogP) is 2.29. The molecule has 0 heterocycles. The molecule has 152 valence electrons. The van der Waals surface area contributed by atoms with Crippen LogP contribution in [0.5, 0.6) is 5.75 Å². The summed E-state index contributed by atoms with van der Waals surface area (Å²) in [5, 5.41) is 3.01. The van der Waals surface area contributed by atoms with Crippen LogP contribution in [0.4, 0.5) is 0 Å². The molecular formula is C17H19Cl2N3O5S. The van der Waals surface area contributed by atoms with Crippen molar-refractivity contribution in [2.24, 2.45) is 0 Å². The van der Waals surface area contributed by atoms with Crippen LogP contribution in [0.25, 0.3) is 0 Å². The average Bonchev–Trinajstić information content (AvgIpc) is 2.63. The molecule has 0 aliphatic rings. The van der Waals surface area contributed by atoms with Gasteiger partial charge in [-0.3, -0.25) is 25.8 Å². The van der Waals surface area contributed by atoms with Gasteiger partial charge in [0, 0.05) is 23.6 Å². The highest BCUT2D eigenvalue weighted by atomic mass is 35.5. The lowest BCUT2D eigenvalue weighted by Crippen LogP contribution is -2.48. The van der Waals surface area contributed by atoms with Gasteiger partial charge in [-0.05, 0) is 43.8 Å². The van der Waals surface area contributed by atoms with Crippen molar-refractivity contribution in [3.8, 4) is 5.75 Å². The number of halogens is 2. The molecule has 3 N–H and O–H groups in total. The second kappa shape index (κ2) is 12.9. The quantitative estimate of drug-likeness (QED) is 0.184. The molecule has 0 saturated carbocycles. The maximum Gasteiger partial charge on any atom is 0.330 e. The first-order chi connectivity index (χ1) is 13.3. The Morgan fingerprint density at radius 2 is 1.93 bits per heavy atom. The van der Waals surface area contributed by atoms with Gasteiger partial charge in [-0.25, -0.2) is 4.79 Å². The minimum Gasteiger partial charge on any atom is -0.492 e. The zero-order valence-electron chi connectivity index (χ0n) is 14.9. The van der Waals surface area contributed by atoms with E-state index in [-0.39, 0.29) is 30.7 Å². The normalized spacial score (nSPS) is 10.2. The summed E-state index contributed by atoms with van der Waals surface area (Å²) in [6.07, 6.45) is 2.51. The van der Waals surface area contributed by atoms with Gasteiger partial charge in [-0.15, -0.1) is 0 Å². The van der Waals surface area contributed by atoms with Crippen molar-refractivity contribution >= 4 is 58.3 Å². The molecule has 0 saturated heterocycles. The van der Waals surface area contributed by atoms with Gasteiger partial charge in [0.1, 0.15) is 5.75 Å². The van der Waals surface area contributed by atoms with E-state index in [9.17, 15) is 14.4 Å². The minimum absolute atomic E-state index is 0.129. The van der Waals surface area contributed by atoms with Crippen LogP contribution in [-0.2, 0) is 19.1 Å². The smallest absolute Gasteiger partial charge is 0.330 e. The van der Waals surface area contributed by atoms with E-state index in [0.29, 0.717) is 22.2 Å². The third kappa shape index (κ3) is 10.1. The number of esters is 1. The maximum absolute atomic E-state index is 11.7. The number of hydrogen-bond donors (Lipinski definition) is 3. The van der Waals surface area contributed by atoms with Gasteiger partial charge in [0.25, 0.3) is 0 Å². The molecule has 0 aliphatic carbocycles. The standard InChI is InChI=1S/C17H19Cl2N3O5S/c1-2-26-16(25)8-7-14(23)20-17(28)22-21-15(24)4-3-9-27-13-6-5-11(18)10-12(13)19/h5-8,10H,2-4,9H2,1H3,(H,21,24)(H2,20,22,23,28)/b8-7+. The lowest BCUT2D eigenvalue weighted by Gasteiger charge is -2.10. The summed E-state index contributed by atoms with van der Waals surface area (Å²) in [4.78, 5) is 34.3. The number of thiocarbonyl (C=S) groups is 1. The number of hydrazine groups is 1. The first kappa shape index (κ1) is 23.7. The number of carbonyl (C=O) groups excluding carboxylic acids is 3. The molecule has 2 amide bonds. The van der Waals surface area contributed by atoms with E-state index in [1.54, 1.807) is 25.1 Å². The van der Waals surface area contributed by atoms with Crippen molar-refractivity contribution in [2.75, 3.05) is 13.2 Å². The molecular weight excluding hydrogens is 429 g/mol. The molecule has 0 radical (unpaired) electrons. The van der Waals surface area contributed by atoms with Gasteiger partial charge in [0.15, 0.2) is 5.11 Å². The SMILES string of the molecule is CCOC(=O)/C=C/C(=O)NC(=S)NNC(=O)CCCOc1ccc(Cl)cc1Cl. The second-order valence-electron chi connectivity index (χ2n) is 5.10.